The van der Waals surface area contributed by atoms with Gasteiger partial charge in [0.15, 0.2) is 0 Å². The van der Waals surface area contributed by atoms with Gasteiger partial charge in [-0.1, -0.05) is 78.1 Å². The second-order valence-corrected chi connectivity index (χ2v) is 7.67. The van der Waals surface area contributed by atoms with Gasteiger partial charge in [0.25, 0.3) is 0 Å². The molecule has 0 spiro atoms. The summed E-state index contributed by atoms with van der Waals surface area (Å²) < 4.78 is 0. The number of nitrogens with one attached hydrogen (secondary N) is 2. The summed E-state index contributed by atoms with van der Waals surface area (Å²) in [4.78, 5) is 2.62. The first-order valence-corrected chi connectivity index (χ1v) is 11.7. The molecule has 0 atom stereocenters. The van der Waals surface area contributed by atoms with Gasteiger partial charge in [0.2, 0.25) is 0 Å². The highest BCUT2D eigenvalue weighted by Gasteiger charge is 2.04. The lowest BCUT2D eigenvalue weighted by atomic mass is 10.1. The summed E-state index contributed by atoms with van der Waals surface area (Å²) in [5.41, 5.74) is 5.56. The van der Waals surface area contributed by atoms with E-state index in [0.717, 1.165) is 32.7 Å². The zero-order valence-electron chi connectivity index (χ0n) is 18.2. The monoisotopic (exact) mass is 370 g/mol. The minimum absolute atomic E-state index is 0.733. The van der Waals surface area contributed by atoms with Crippen LogP contribution in [0.25, 0.3) is 0 Å². The molecule has 0 unspecified atom stereocenters. The first-order chi connectivity index (χ1) is 12.8. The van der Waals surface area contributed by atoms with Gasteiger partial charge in [-0.2, -0.15) is 0 Å². The van der Waals surface area contributed by atoms with Gasteiger partial charge in [-0.25, -0.2) is 0 Å². The van der Waals surface area contributed by atoms with E-state index in [1.807, 2.05) is 0 Å². The van der Waals surface area contributed by atoms with Crippen LogP contribution in [0.2, 0.25) is 0 Å². The Morgan fingerprint density at radius 1 is 0.538 bits per heavy atom. The quantitative estimate of drug-likeness (QED) is 0.251. The van der Waals surface area contributed by atoms with Crippen molar-refractivity contribution in [2.75, 3.05) is 52.4 Å². The average Bonchev–Trinajstić information content (AvgIpc) is 2.65. The maximum absolute atomic E-state index is 5.56. The standard InChI is InChI=1S/C22H50N4/c1-3-5-7-9-11-13-16-24-18-21-26(22-19-25-17-15-23)20-14-12-10-8-6-4-2/h24-25H,3-23H2,1-2H3. The Morgan fingerprint density at radius 2 is 1.04 bits per heavy atom. The molecule has 4 heteroatoms. The zero-order valence-corrected chi connectivity index (χ0v) is 18.2. The Hall–Kier alpha value is -0.160. The molecule has 0 aliphatic carbocycles. The molecule has 4 N–H and O–H groups in total. The first kappa shape index (κ1) is 25.8. The predicted molar refractivity (Wildman–Crippen MR) is 118 cm³/mol. The fraction of sp³-hybridized carbons (Fsp3) is 1.00. The first-order valence-electron chi connectivity index (χ1n) is 11.7. The molecule has 0 saturated carbocycles. The second kappa shape index (κ2) is 22.9. The highest BCUT2D eigenvalue weighted by Crippen LogP contribution is 2.06. The van der Waals surface area contributed by atoms with Crippen LogP contribution in [-0.4, -0.2) is 57.3 Å². The Balaban J connectivity index is 3.68. The summed E-state index contributed by atoms with van der Waals surface area (Å²) >= 11 is 0. The lowest BCUT2D eigenvalue weighted by Crippen LogP contribution is -2.38. The van der Waals surface area contributed by atoms with Crippen molar-refractivity contribution in [3.63, 3.8) is 0 Å². The molecule has 0 aromatic rings. The largest absolute Gasteiger partial charge is 0.329 e. The topological polar surface area (TPSA) is 53.3 Å². The molecule has 0 bridgehead atoms. The van der Waals surface area contributed by atoms with Crippen molar-refractivity contribution in [1.29, 1.82) is 0 Å². The van der Waals surface area contributed by atoms with Crippen molar-refractivity contribution in [3.8, 4) is 0 Å². The van der Waals surface area contributed by atoms with Gasteiger partial charge < -0.3 is 21.3 Å². The summed E-state index contributed by atoms with van der Waals surface area (Å²) in [6.07, 6.45) is 16.6. The zero-order chi connectivity index (χ0) is 19.1. The van der Waals surface area contributed by atoms with Crippen molar-refractivity contribution in [2.24, 2.45) is 5.73 Å². The van der Waals surface area contributed by atoms with Gasteiger partial charge >= 0.3 is 0 Å². The number of rotatable bonds is 22. The van der Waals surface area contributed by atoms with E-state index in [2.05, 4.69) is 29.4 Å². The van der Waals surface area contributed by atoms with Crippen LogP contribution < -0.4 is 16.4 Å². The van der Waals surface area contributed by atoms with E-state index >= 15 is 0 Å². The average molecular weight is 371 g/mol. The molecular weight excluding hydrogens is 320 g/mol. The lowest BCUT2D eigenvalue weighted by Gasteiger charge is -2.23. The SMILES string of the molecule is CCCCCCCCNCCN(CCCCCCCC)CCNCCN. The van der Waals surface area contributed by atoms with Crippen LogP contribution in [0.5, 0.6) is 0 Å². The summed E-state index contributed by atoms with van der Waals surface area (Å²) in [6, 6.07) is 0. The van der Waals surface area contributed by atoms with Crippen LogP contribution in [0.15, 0.2) is 0 Å². The molecule has 0 heterocycles. The normalized spacial score (nSPS) is 11.5. The van der Waals surface area contributed by atoms with Gasteiger partial charge in [-0.05, 0) is 25.9 Å². The number of unbranched alkanes of at least 4 members (excludes halogenated alkanes) is 10. The van der Waals surface area contributed by atoms with Gasteiger partial charge in [0.1, 0.15) is 0 Å². The third-order valence-electron chi connectivity index (χ3n) is 5.07. The van der Waals surface area contributed by atoms with Crippen LogP contribution in [0, 0.1) is 0 Å². The molecule has 0 rings (SSSR count). The number of nitrogens with two attached hydrogens (primary N) is 1. The van der Waals surface area contributed by atoms with Crippen LogP contribution in [-0.2, 0) is 0 Å². The van der Waals surface area contributed by atoms with E-state index in [4.69, 9.17) is 5.73 Å². The molecule has 0 amide bonds. The summed E-state index contributed by atoms with van der Waals surface area (Å²) in [6.45, 7) is 13.2. The van der Waals surface area contributed by atoms with Crippen LogP contribution >= 0.6 is 0 Å². The Morgan fingerprint density at radius 3 is 1.62 bits per heavy atom. The van der Waals surface area contributed by atoms with Crippen LogP contribution in [0.4, 0.5) is 0 Å². The third-order valence-corrected chi connectivity index (χ3v) is 5.07. The van der Waals surface area contributed by atoms with E-state index < -0.39 is 0 Å². The molecule has 0 saturated heterocycles. The van der Waals surface area contributed by atoms with Gasteiger partial charge in [-0.15, -0.1) is 0 Å². The van der Waals surface area contributed by atoms with Gasteiger partial charge in [0, 0.05) is 39.3 Å². The molecule has 4 nitrogen and oxygen atoms in total. The highest BCUT2D eigenvalue weighted by atomic mass is 15.1. The lowest BCUT2D eigenvalue weighted by molar-refractivity contribution is 0.266. The van der Waals surface area contributed by atoms with E-state index in [-0.39, 0.29) is 0 Å². The van der Waals surface area contributed by atoms with Gasteiger partial charge in [0.05, 0.1) is 0 Å². The fourth-order valence-corrected chi connectivity index (χ4v) is 3.31. The van der Waals surface area contributed by atoms with Gasteiger partial charge in [-0.3, -0.25) is 0 Å². The van der Waals surface area contributed by atoms with Crippen molar-refractivity contribution >= 4 is 0 Å². The molecule has 0 aliphatic rings. The Kier molecular flexibility index (Phi) is 22.7. The number of hydrogen-bond acceptors (Lipinski definition) is 4. The molecule has 26 heavy (non-hydrogen) atoms. The maximum atomic E-state index is 5.56. The molecule has 0 aliphatic heterocycles. The fourth-order valence-electron chi connectivity index (χ4n) is 3.31. The Labute approximate surface area is 165 Å². The molecule has 0 fully saturated rings. The van der Waals surface area contributed by atoms with E-state index in [9.17, 15) is 0 Å². The summed E-state index contributed by atoms with van der Waals surface area (Å²) in [5.74, 6) is 0. The van der Waals surface area contributed by atoms with Crippen molar-refractivity contribution in [2.45, 2.75) is 90.9 Å². The van der Waals surface area contributed by atoms with Crippen molar-refractivity contribution in [3.05, 3.63) is 0 Å². The number of nitrogens with zero attached hydrogens (tertiary/aromatic N) is 1. The summed E-state index contributed by atoms with van der Waals surface area (Å²) in [7, 11) is 0. The maximum Gasteiger partial charge on any atom is 0.0107 e. The molecule has 0 aromatic heterocycles. The third kappa shape index (κ3) is 20.2. The summed E-state index contributed by atoms with van der Waals surface area (Å²) in [5, 5.41) is 7.08. The molecule has 158 valence electrons. The second-order valence-electron chi connectivity index (χ2n) is 7.67. The molecule has 0 radical (unpaired) electrons. The Bertz CT molecular complexity index is 248. The van der Waals surface area contributed by atoms with Crippen molar-refractivity contribution < 1.29 is 0 Å². The number of hydrogen-bond donors (Lipinski definition) is 3. The smallest absolute Gasteiger partial charge is 0.0107 e. The minimum Gasteiger partial charge on any atom is -0.329 e. The van der Waals surface area contributed by atoms with E-state index in [1.54, 1.807) is 0 Å². The van der Waals surface area contributed by atoms with Crippen molar-refractivity contribution in [1.82, 2.24) is 15.5 Å². The van der Waals surface area contributed by atoms with E-state index in [0.29, 0.717) is 0 Å². The predicted octanol–water partition coefficient (Wildman–Crippen LogP) is 4.15. The molecular formula is C22H50N4. The highest BCUT2D eigenvalue weighted by molar-refractivity contribution is 4.63. The van der Waals surface area contributed by atoms with Crippen LogP contribution in [0.1, 0.15) is 90.9 Å². The van der Waals surface area contributed by atoms with Crippen LogP contribution in [0.3, 0.4) is 0 Å². The molecule has 0 aromatic carbocycles. The van der Waals surface area contributed by atoms with E-state index in [1.165, 1.54) is 96.7 Å². The minimum atomic E-state index is 0.733.